The first-order valence-electron chi connectivity index (χ1n) is 9.67. The van der Waals surface area contributed by atoms with Gasteiger partial charge in [0.2, 0.25) is 5.95 Å². The number of hydrogen-bond acceptors (Lipinski definition) is 5. The predicted octanol–water partition coefficient (Wildman–Crippen LogP) is 4.77. The van der Waals surface area contributed by atoms with Crippen LogP contribution in [0.25, 0.3) is 16.8 Å². The Morgan fingerprint density at radius 3 is 2.70 bits per heavy atom. The van der Waals surface area contributed by atoms with Gasteiger partial charge in [0.25, 0.3) is 0 Å². The number of nitrogens with zero attached hydrogens (tertiary/aromatic N) is 4. The van der Waals surface area contributed by atoms with E-state index in [0.717, 1.165) is 16.8 Å². The van der Waals surface area contributed by atoms with Gasteiger partial charge in [0, 0.05) is 29.4 Å². The highest BCUT2D eigenvalue weighted by molar-refractivity contribution is 6.30. The van der Waals surface area contributed by atoms with Gasteiger partial charge in [-0.1, -0.05) is 23.7 Å². The molecule has 0 unspecified atom stereocenters. The van der Waals surface area contributed by atoms with E-state index in [0.29, 0.717) is 48.6 Å². The molecule has 152 valence electrons. The van der Waals surface area contributed by atoms with E-state index < -0.39 is 0 Å². The predicted molar refractivity (Wildman–Crippen MR) is 116 cm³/mol. The van der Waals surface area contributed by atoms with Crippen LogP contribution in [0.15, 0.2) is 60.8 Å². The van der Waals surface area contributed by atoms with Gasteiger partial charge < -0.3 is 15.0 Å². The highest BCUT2D eigenvalue weighted by atomic mass is 35.5. The molecule has 1 N–H and O–H groups in total. The third kappa shape index (κ3) is 3.69. The number of rotatable bonds is 4. The van der Waals surface area contributed by atoms with Crippen molar-refractivity contribution in [2.45, 2.75) is 0 Å². The smallest absolute Gasteiger partial charge is 0.245 e. The molecule has 0 amide bonds. The lowest BCUT2D eigenvalue weighted by Gasteiger charge is -2.29. The van der Waals surface area contributed by atoms with Gasteiger partial charge in [0.15, 0.2) is 0 Å². The highest BCUT2D eigenvalue weighted by Crippen LogP contribution is 2.27. The average Bonchev–Trinajstić information content (AvgIpc) is 3.18. The van der Waals surface area contributed by atoms with Gasteiger partial charge in [-0.15, -0.1) is 5.10 Å². The molecule has 1 aliphatic heterocycles. The molecule has 0 radical (unpaired) electrons. The Labute approximate surface area is 177 Å². The molecule has 1 aliphatic rings. The van der Waals surface area contributed by atoms with Gasteiger partial charge in [-0.3, -0.25) is 0 Å². The number of benzene rings is 2. The van der Waals surface area contributed by atoms with Crippen LogP contribution in [0.4, 0.5) is 21.7 Å². The van der Waals surface area contributed by atoms with Crippen LogP contribution >= 0.6 is 11.6 Å². The lowest BCUT2D eigenvalue weighted by atomic mass is 10.2. The summed E-state index contributed by atoms with van der Waals surface area (Å²) in [6, 6.07) is 16.6. The van der Waals surface area contributed by atoms with E-state index in [1.54, 1.807) is 16.8 Å². The minimum Gasteiger partial charge on any atom is -0.378 e. The molecule has 0 bridgehead atoms. The number of aromatic nitrogens is 3. The Hall–Kier alpha value is -3.16. The normalized spacial score (nSPS) is 14.3. The standard InChI is InChI=1S/C22H19ClFN5O/c23-16-3-1-2-15(12-16)20-7-5-18-14-25-22(27-29(18)20)26-17-4-6-21(19(24)13-17)28-8-10-30-11-9-28/h1-7,12-14H,8-11H2,(H,26,27). The highest BCUT2D eigenvalue weighted by Gasteiger charge is 2.16. The lowest BCUT2D eigenvalue weighted by Crippen LogP contribution is -2.36. The first-order valence-corrected chi connectivity index (χ1v) is 10.1. The number of hydrogen-bond donors (Lipinski definition) is 1. The molecule has 0 aliphatic carbocycles. The van der Waals surface area contributed by atoms with Crippen molar-refractivity contribution in [3.05, 3.63) is 71.6 Å². The van der Waals surface area contributed by atoms with E-state index in [4.69, 9.17) is 16.3 Å². The summed E-state index contributed by atoms with van der Waals surface area (Å²) in [5, 5.41) is 8.33. The first kappa shape index (κ1) is 18.8. The maximum absolute atomic E-state index is 14.7. The molecular weight excluding hydrogens is 405 g/mol. The van der Waals surface area contributed by atoms with Crippen molar-refractivity contribution in [3.8, 4) is 11.3 Å². The minimum absolute atomic E-state index is 0.288. The second kappa shape index (κ2) is 7.93. The third-order valence-electron chi connectivity index (χ3n) is 5.07. The van der Waals surface area contributed by atoms with E-state index in [2.05, 4.69) is 15.4 Å². The van der Waals surface area contributed by atoms with Gasteiger partial charge in [-0.05, 0) is 42.5 Å². The van der Waals surface area contributed by atoms with Gasteiger partial charge in [0.1, 0.15) is 5.82 Å². The van der Waals surface area contributed by atoms with Crippen LogP contribution in [0.5, 0.6) is 0 Å². The number of fused-ring (bicyclic) bond motifs is 1. The molecule has 4 aromatic rings. The molecule has 0 atom stereocenters. The molecule has 1 fully saturated rings. The van der Waals surface area contributed by atoms with E-state index >= 15 is 0 Å². The fourth-order valence-corrected chi connectivity index (χ4v) is 3.79. The van der Waals surface area contributed by atoms with Crippen molar-refractivity contribution >= 4 is 34.4 Å². The molecule has 8 heteroatoms. The van der Waals surface area contributed by atoms with E-state index in [9.17, 15) is 4.39 Å². The van der Waals surface area contributed by atoms with Gasteiger partial charge in [-0.25, -0.2) is 13.9 Å². The Kier molecular flexibility index (Phi) is 4.98. The summed E-state index contributed by atoms with van der Waals surface area (Å²) in [6.45, 7) is 2.59. The maximum Gasteiger partial charge on any atom is 0.245 e. The summed E-state index contributed by atoms with van der Waals surface area (Å²) in [5.74, 6) is 0.0871. The first-order chi connectivity index (χ1) is 14.7. The zero-order chi connectivity index (χ0) is 20.5. The Balaban J connectivity index is 1.43. The monoisotopic (exact) mass is 423 g/mol. The molecule has 1 saturated heterocycles. The summed E-state index contributed by atoms with van der Waals surface area (Å²) >= 11 is 6.13. The second-order valence-electron chi connectivity index (χ2n) is 7.04. The van der Waals surface area contributed by atoms with Crippen molar-refractivity contribution in [3.63, 3.8) is 0 Å². The Morgan fingerprint density at radius 2 is 1.90 bits per heavy atom. The summed E-state index contributed by atoms with van der Waals surface area (Å²) in [7, 11) is 0. The van der Waals surface area contributed by atoms with E-state index in [-0.39, 0.29) is 5.82 Å². The number of halogens is 2. The van der Waals surface area contributed by atoms with Crippen molar-refractivity contribution in [1.29, 1.82) is 0 Å². The SMILES string of the molecule is Fc1cc(Nc2ncc3ccc(-c4cccc(Cl)c4)n3n2)ccc1N1CCOCC1. The number of anilines is 3. The van der Waals surface area contributed by atoms with Crippen molar-refractivity contribution < 1.29 is 9.13 Å². The van der Waals surface area contributed by atoms with Gasteiger partial charge in [-0.2, -0.15) is 0 Å². The fourth-order valence-electron chi connectivity index (χ4n) is 3.60. The van der Waals surface area contributed by atoms with Crippen LogP contribution in [0.1, 0.15) is 0 Å². The molecule has 30 heavy (non-hydrogen) atoms. The number of ether oxygens (including phenoxy) is 1. The summed E-state index contributed by atoms with van der Waals surface area (Å²) in [5.41, 5.74) is 3.86. The summed E-state index contributed by atoms with van der Waals surface area (Å²) < 4.78 is 21.8. The van der Waals surface area contributed by atoms with Crippen LogP contribution in [-0.4, -0.2) is 40.9 Å². The Morgan fingerprint density at radius 1 is 1.03 bits per heavy atom. The molecule has 0 saturated carbocycles. The zero-order valence-electron chi connectivity index (χ0n) is 16.1. The van der Waals surface area contributed by atoms with Crippen molar-refractivity contribution in [2.24, 2.45) is 0 Å². The van der Waals surface area contributed by atoms with Crippen LogP contribution in [-0.2, 0) is 4.74 Å². The van der Waals surface area contributed by atoms with Crippen LogP contribution in [0.3, 0.4) is 0 Å². The molecule has 2 aromatic carbocycles. The second-order valence-corrected chi connectivity index (χ2v) is 7.47. The lowest BCUT2D eigenvalue weighted by molar-refractivity contribution is 0.122. The largest absolute Gasteiger partial charge is 0.378 e. The Bertz CT molecular complexity index is 1210. The third-order valence-corrected chi connectivity index (χ3v) is 5.31. The van der Waals surface area contributed by atoms with Crippen LogP contribution in [0, 0.1) is 5.82 Å². The van der Waals surface area contributed by atoms with Crippen LogP contribution < -0.4 is 10.2 Å². The molecule has 6 nitrogen and oxygen atoms in total. The minimum atomic E-state index is -0.288. The molecule has 3 heterocycles. The van der Waals surface area contributed by atoms with Crippen molar-refractivity contribution in [1.82, 2.24) is 14.6 Å². The van der Waals surface area contributed by atoms with Gasteiger partial charge >= 0.3 is 0 Å². The number of nitrogens with one attached hydrogen (secondary N) is 1. The average molecular weight is 424 g/mol. The molecule has 5 rings (SSSR count). The molecular formula is C22H19ClFN5O. The van der Waals surface area contributed by atoms with Crippen LogP contribution in [0.2, 0.25) is 5.02 Å². The number of morpholine rings is 1. The zero-order valence-corrected chi connectivity index (χ0v) is 16.8. The molecule has 0 spiro atoms. The van der Waals surface area contributed by atoms with E-state index in [1.165, 1.54) is 6.07 Å². The van der Waals surface area contributed by atoms with Crippen molar-refractivity contribution in [2.75, 3.05) is 36.5 Å². The van der Waals surface area contributed by atoms with Gasteiger partial charge in [0.05, 0.1) is 36.3 Å². The molecule has 2 aromatic heterocycles. The summed E-state index contributed by atoms with van der Waals surface area (Å²) in [4.78, 5) is 6.34. The topological polar surface area (TPSA) is 54.7 Å². The fraction of sp³-hybridized carbons (Fsp3) is 0.182. The van der Waals surface area contributed by atoms with E-state index in [1.807, 2.05) is 47.4 Å². The summed E-state index contributed by atoms with van der Waals surface area (Å²) in [6.07, 6.45) is 1.72. The maximum atomic E-state index is 14.7. The quantitative estimate of drug-likeness (QED) is 0.512.